The summed E-state index contributed by atoms with van der Waals surface area (Å²) >= 11 is 17.1. The van der Waals surface area contributed by atoms with Gasteiger partial charge in [-0.25, -0.2) is 29.9 Å². The second-order valence-electron chi connectivity index (χ2n) is 5.97. The summed E-state index contributed by atoms with van der Waals surface area (Å²) in [5.74, 6) is 0.829. The van der Waals surface area contributed by atoms with Gasteiger partial charge in [0.2, 0.25) is 0 Å². The Labute approximate surface area is 180 Å². The van der Waals surface area contributed by atoms with Crippen molar-refractivity contribution in [3.8, 4) is 0 Å². The molecule has 1 saturated heterocycles. The molecule has 0 N–H and O–H groups in total. The molecule has 0 aliphatic carbocycles. The first-order valence-electron chi connectivity index (χ1n) is 8.65. The molecule has 29 heavy (non-hydrogen) atoms. The molecule has 0 aromatic carbocycles. The number of aromatic nitrogens is 6. The van der Waals surface area contributed by atoms with Crippen molar-refractivity contribution in [3.63, 3.8) is 0 Å². The predicted molar refractivity (Wildman–Crippen MR) is 113 cm³/mol. The summed E-state index contributed by atoms with van der Waals surface area (Å²) in [5.41, 5.74) is 2.49. The molecule has 0 bridgehead atoms. The summed E-state index contributed by atoms with van der Waals surface area (Å²) in [6.45, 7) is 3.12. The number of hydrogen-bond donors (Lipinski definition) is 0. The third-order valence-corrected chi connectivity index (χ3v) is 4.64. The van der Waals surface area contributed by atoms with Crippen LogP contribution in [0.25, 0.3) is 22.3 Å². The second kappa shape index (κ2) is 8.96. The number of ether oxygens (including phenoxy) is 1. The zero-order chi connectivity index (χ0) is 20.2. The zero-order valence-corrected chi connectivity index (χ0v) is 17.2. The normalized spacial score (nSPS) is 14.0. The Kier molecular flexibility index (Phi) is 6.15. The highest BCUT2D eigenvalue weighted by Crippen LogP contribution is 2.17. The van der Waals surface area contributed by atoms with Crippen molar-refractivity contribution >= 4 is 62.9 Å². The van der Waals surface area contributed by atoms with Crippen molar-refractivity contribution < 1.29 is 4.74 Å². The molecule has 0 amide bonds. The van der Waals surface area contributed by atoms with Crippen LogP contribution in [0.2, 0.25) is 15.5 Å². The third-order valence-electron chi connectivity index (χ3n) is 4.04. The van der Waals surface area contributed by atoms with Gasteiger partial charge in [-0.3, -0.25) is 0 Å². The summed E-state index contributed by atoms with van der Waals surface area (Å²) < 4.78 is 5.30. The van der Waals surface area contributed by atoms with Crippen LogP contribution >= 0.6 is 34.8 Å². The van der Waals surface area contributed by atoms with Crippen LogP contribution in [0.4, 0.5) is 5.82 Å². The molecule has 0 unspecified atom stereocenters. The topological polar surface area (TPSA) is 89.8 Å². The maximum Gasteiger partial charge on any atom is 0.181 e. The molecule has 0 atom stereocenters. The third kappa shape index (κ3) is 4.97. The number of rotatable bonds is 1. The smallest absolute Gasteiger partial charge is 0.181 e. The molecule has 1 fully saturated rings. The van der Waals surface area contributed by atoms with E-state index in [1.165, 1.54) is 6.20 Å². The van der Waals surface area contributed by atoms with E-state index in [1.54, 1.807) is 24.4 Å². The van der Waals surface area contributed by atoms with Crippen molar-refractivity contribution in [1.82, 2.24) is 29.9 Å². The highest BCUT2D eigenvalue weighted by Gasteiger charge is 2.13. The molecule has 148 valence electrons. The molecular weight excluding hydrogens is 437 g/mol. The summed E-state index contributed by atoms with van der Waals surface area (Å²) in [6, 6.07) is 6.94. The van der Waals surface area contributed by atoms with Crippen LogP contribution in [0.5, 0.6) is 0 Å². The van der Waals surface area contributed by atoms with Gasteiger partial charge < -0.3 is 9.64 Å². The van der Waals surface area contributed by atoms with Gasteiger partial charge in [0, 0.05) is 13.1 Å². The number of morpholine rings is 1. The fourth-order valence-corrected chi connectivity index (χ4v) is 3.08. The average Bonchev–Trinajstić information content (AvgIpc) is 2.74. The van der Waals surface area contributed by atoms with E-state index < -0.39 is 0 Å². The average molecular weight is 451 g/mol. The van der Waals surface area contributed by atoms with Crippen LogP contribution in [-0.4, -0.2) is 56.2 Å². The fourth-order valence-electron chi connectivity index (χ4n) is 2.66. The summed E-state index contributed by atoms with van der Waals surface area (Å²) in [6.07, 6.45) is 3.24. The molecule has 11 heteroatoms. The first-order valence-corrected chi connectivity index (χ1v) is 9.79. The quantitative estimate of drug-likeness (QED) is 0.404. The molecule has 0 radical (unpaired) electrons. The molecule has 0 spiro atoms. The van der Waals surface area contributed by atoms with Crippen molar-refractivity contribution in [2.75, 3.05) is 31.2 Å². The van der Waals surface area contributed by atoms with Crippen molar-refractivity contribution in [2.45, 2.75) is 0 Å². The molecule has 8 nitrogen and oxygen atoms in total. The van der Waals surface area contributed by atoms with Gasteiger partial charge in [0.1, 0.15) is 32.3 Å². The number of hydrogen-bond acceptors (Lipinski definition) is 8. The Balaban J connectivity index is 0.000000150. The van der Waals surface area contributed by atoms with Crippen LogP contribution in [0, 0.1) is 0 Å². The van der Waals surface area contributed by atoms with Gasteiger partial charge in [-0.1, -0.05) is 34.8 Å². The van der Waals surface area contributed by atoms with Gasteiger partial charge in [0.15, 0.2) is 11.3 Å². The Morgan fingerprint density at radius 1 is 0.690 bits per heavy atom. The van der Waals surface area contributed by atoms with Crippen LogP contribution < -0.4 is 4.90 Å². The lowest BCUT2D eigenvalue weighted by Crippen LogP contribution is -2.36. The summed E-state index contributed by atoms with van der Waals surface area (Å²) in [7, 11) is 0. The van der Waals surface area contributed by atoms with E-state index in [0.29, 0.717) is 32.3 Å². The SMILES string of the molecule is Clc1ccc2ncc(Cl)nc2n1.Clc1ccc2ncc(N3CCOCC3)nc2n1. The minimum atomic E-state index is 0.317. The van der Waals surface area contributed by atoms with Gasteiger partial charge in [-0.05, 0) is 24.3 Å². The lowest BCUT2D eigenvalue weighted by atomic mass is 10.4. The van der Waals surface area contributed by atoms with Gasteiger partial charge in [0.05, 0.1) is 25.6 Å². The lowest BCUT2D eigenvalue weighted by molar-refractivity contribution is 0.122. The molecule has 4 aromatic heterocycles. The van der Waals surface area contributed by atoms with Gasteiger partial charge >= 0.3 is 0 Å². The number of fused-ring (bicyclic) bond motifs is 2. The van der Waals surface area contributed by atoms with Crippen LogP contribution in [0.3, 0.4) is 0 Å². The highest BCUT2D eigenvalue weighted by molar-refractivity contribution is 6.30. The van der Waals surface area contributed by atoms with E-state index in [0.717, 1.165) is 37.6 Å². The fraction of sp³-hybridized carbons (Fsp3) is 0.222. The first kappa shape index (κ1) is 19.9. The number of halogens is 3. The molecule has 1 aliphatic heterocycles. The Morgan fingerprint density at radius 3 is 1.90 bits per heavy atom. The Hall–Kier alpha value is -2.39. The Bertz CT molecular complexity index is 1120. The highest BCUT2D eigenvalue weighted by atomic mass is 35.5. The maximum absolute atomic E-state index is 5.84. The van der Waals surface area contributed by atoms with Crippen molar-refractivity contribution in [2.24, 2.45) is 0 Å². The molecule has 4 aromatic rings. The zero-order valence-electron chi connectivity index (χ0n) is 15.0. The molecular formula is C18H14Cl3N7O. The van der Waals surface area contributed by atoms with E-state index in [2.05, 4.69) is 34.8 Å². The van der Waals surface area contributed by atoms with E-state index in [1.807, 2.05) is 6.07 Å². The van der Waals surface area contributed by atoms with E-state index >= 15 is 0 Å². The van der Waals surface area contributed by atoms with Crippen LogP contribution in [0.1, 0.15) is 0 Å². The standard InChI is InChI=1S/C11H11ClN4O.C7H3Cl2N3/c12-9-2-1-8-11(14-9)15-10(7-13-8)16-3-5-17-6-4-16;8-5-2-1-4-7(11-5)12-6(9)3-10-4/h1-2,7H,3-6H2;1-3H. The van der Waals surface area contributed by atoms with Crippen LogP contribution in [-0.2, 0) is 4.74 Å². The molecule has 0 saturated carbocycles. The van der Waals surface area contributed by atoms with Gasteiger partial charge in [-0.15, -0.1) is 0 Å². The number of anilines is 1. The van der Waals surface area contributed by atoms with Crippen LogP contribution in [0.15, 0.2) is 36.7 Å². The summed E-state index contributed by atoms with van der Waals surface area (Å²) in [4.78, 5) is 27.0. The minimum absolute atomic E-state index is 0.317. The summed E-state index contributed by atoms with van der Waals surface area (Å²) in [5, 5.41) is 1.14. The predicted octanol–water partition coefficient (Wildman–Crippen LogP) is 3.85. The van der Waals surface area contributed by atoms with Crippen molar-refractivity contribution in [1.29, 1.82) is 0 Å². The maximum atomic E-state index is 5.84. The van der Waals surface area contributed by atoms with E-state index in [-0.39, 0.29) is 0 Å². The van der Waals surface area contributed by atoms with E-state index in [4.69, 9.17) is 39.5 Å². The largest absolute Gasteiger partial charge is 0.378 e. The first-order chi connectivity index (χ1) is 14.1. The molecule has 5 heterocycles. The lowest BCUT2D eigenvalue weighted by Gasteiger charge is -2.27. The second-order valence-corrected chi connectivity index (χ2v) is 7.14. The molecule has 1 aliphatic rings. The van der Waals surface area contributed by atoms with Gasteiger partial charge in [-0.2, -0.15) is 0 Å². The monoisotopic (exact) mass is 449 g/mol. The van der Waals surface area contributed by atoms with E-state index in [9.17, 15) is 0 Å². The Morgan fingerprint density at radius 2 is 1.24 bits per heavy atom. The molecule has 5 rings (SSSR count). The van der Waals surface area contributed by atoms with Gasteiger partial charge in [0.25, 0.3) is 0 Å². The number of nitrogens with zero attached hydrogens (tertiary/aromatic N) is 7. The van der Waals surface area contributed by atoms with Crippen molar-refractivity contribution in [3.05, 3.63) is 52.1 Å². The number of pyridine rings is 2. The minimum Gasteiger partial charge on any atom is -0.378 e.